The van der Waals surface area contributed by atoms with Gasteiger partial charge in [0.2, 0.25) is 0 Å². The minimum Gasteiger partial charge on any atom is -0.396 e. The largest absolute Gasteiger partial charge is 0.396 e. The molecule has 1 heterocycles. The van der Waals surface area contributed by atoms with Crippen LogP contribution in [0.2, 0.25) is 0 Å². The molecular weight excluding hydrogens is 292 g/mol. The lowest BCUT2D eigenvalue weighted by Crippen LogP contribution is -2.55. The van der Waals surface area contributed by atoms with Gasteiger partial charge < -0.3 is 15.1 Å². The van der Waals surface area contributed by atoms with E-state index in [1.165, 1.54) is 11.0 Å². The van der Waals surface area contributed by atoms with Crippen molar-refractivity contribution in [3.63, 3.8) is 0 Å². The van der Waals surface area contributed by atoms with Crippen LogP contribution in [0.4, 0.5) is 8.78 Å². The molecule has 1 saturated heterocycles. The summed E-state index contributed by atoms with van der Waals surface area (Å²) in [7, 11) is 0. The van der Waals surface area contributed by atoms with E-state index in [9.17, 15) is 23.8 Å². The highest BCUT2D eigenvalue weighted by molar-refractivity contribution is 5.94. The second-order valence-corrected chi connectivity index (χ2v) is 5.93. The van der Waals surface area contributed by atoms with E-state index in [1.807, 2.05) is 6.92 Å². The number of halogens is 2. The van der Waals surface area contributed by atoms with Crippen LogP contribution >= 0.6 is 0 Å². The Hall–Kier alpha value is -1.53. The van der Waals surface area contributed by atoms with Crippen molar-refractivity contribution in [2.75, 3.05) is 19.7 Å². The number of carbonyl (C=O) groups excluding carboxylic acids is 1. The van der Waals surface area contributed by atoms with Gasteiger partial charge >= 0.3 is 0 Å². The minimum absolute atomic E-state index is 0.0682. The van der Waals surface area contributed by atoms with Gasteiger partial charge in [0, 0.05) is 24.1 Å². The summed E-state index contributed by atoms with van der Waals surface area (Å²) < 4.78 is 26.2. The molecule has 1 aliphatic heterocycles. The van der Waals surface area contributed by atoms with Gasteiger partial charge in [0.05, 0.1) is 12.7 Å². The molecule has 2 N–H and O–H groups in total. The number of piperidine rings is 1. The van der Waals surface area contributed by atoms with Crippen LogP contribution in [0.3, 0.4) is 0 Å². The number of carbonyl (C=O) groups is 1. The summed E-state index contributed by atoms with van der Waals surface area (Å²) in [6.07, 6.45) is 1.04. The second-order valence-electron chi connectivity index (χ2n) is 5.93. The van der Waals surface area contributed by atoms with Gasteiger partial charge in [-0.15, -0.1) is 0 Å². The van der Waals surface area contributed by atoms with Crippen LogP contribution in [0, 0.1) is 17.0 Å². The molecule has 0 spiro atoms. The molecule has 1 amide bonds. The van der Waals surface area contributed by atoms with Crippen molar-refractivity contribution in [2.45, 2.75) is 32.3 Å². The van der Waals surface area contributed by atoms with Gasteiger partial charge in [0.25, 0.3) is 5.91 Å². The zero-order valence-electron chi connectivity index (χ0n) is 12.6. The summed E-state index contributed by atoms with van der Waals surface area (Å²) in [4.78, 5) is 13.9. The van der Waals surface area contributed by atoms with E-state index in [2.05, 4.69) is 0 Å². The molecule has 2 rings (SSSR count). The summed E-state index contributed by atoms with van der Waals surface area (Å²) in [6, 6.07) is 3.04. The zero-order chi connectivity index (χ0) is 16.3. The van der Waals surface area contributed by atoms with E-state index in [-0.39, 0.29) is 18.7 Å². The highest BCUT2D eigenvalue weighted by Crippen LogP contribution is 2.35. The van der Waals surface area contributed by atoms with Crippen LogP contribution in [0.15, 0.2) is 18.2 Å². The Morgan fingerprint density at radius 3 is 2.73 bits per heavy atom. The van der Waals surface area contributed by atoms with Crippen LogP contribution in [-0.4, -0.2) is 46.8 Å². The van der Waals surface area contributed by atoms with Crippen molar-refractivity contribution >= 4 is 5.91 Å². The lowest BCUT2D eigenvalue weighted by Gasteiger charge is -2.45. The first-order valence-electron chi connectivity index (χ1n) is 7.47. The molecule has 0 unspecified atom stereocenters. The smallest absolute Gasteiger partial charge is 0.253 e. The first-order valence-corrected chi connectivity index (χ1v) is 7.47. The Morgan fingerprint density at radius 2 is 2.14 bits per heavy atom. The van der Waals surface area contributed by atoms with E-state index in [0.29, 0.717) is 19.4 Å². The van der Waals surface area contributed by atoms with E-state index < -0.39 is 29.1 Å². The fourth-order valence-electron chi connectivity index (χ4n) is 3.11. The van der Waals surface area contributed by atoms with Gasteiger partial charge in [0.1, 0.15) is 0 Å². The van der Waals surface area contributed by atoms with Crippen molar-refractivity contribution in [1.29, 1.82) is 0 Å². The Labute approximate surface area is 128 Å². The van der Waals surface area contributed by atoms with Gasteiger partial charge in [-0.1, -0.05) is 13.3 Å². The summed E-state index contributed by atoms with van der Waals surface area (Å²) in [5.41, 5.74) is -0.681. The fraction of sp³-hybridized carbons (Fsp3) is 0.562. The number of nitrogens with zero attached hydrogens (tertiary/aromatic N) is 1. The molecule has 6 heteroatoms. The quantitative estimate of drug-likeness (QED) is 0.893. The molecule has 1 fully saturated rings. The van der Waals surface area contributed by atoms with E-state index in [1.54, 1.807) is 0 Å². The molecule has 1 aromatic rings. The Balaban J connectivity index is 2.21. The van der Waals surface area contributed by atoms with E-state index in [0.717, 1.165) is 18.6 Å². The number of aliphatic hydroxyl groups is 2. The van der Waals surface area contributed by atoms with Crippen molar-refractivity contribution < 1.29 is 23.8 Å². The number of rotatable bonds is 4. The second kappa shape index (κ2) is 6.71. The average Bonchev–Trinajstić information content (AvgIpc) is 2.51. The molecule has 1 aliphatic rings. The number of benzene rings is 1. The van der Waals surface area contributed by atoms with Crippen LogP contribution < -0.4 is 0 Å². The molecule has 0 saturated carbocycles. The highest BCUT2D eigenvalue weighted by Gasteiger charge is 2.43. The number of aliphatic hydroxyl groups excluding tert-OH is 2. The minimum atomic E-state index is -1.06. The van der Waals surface area contributed by atoms with Gasteiger partial charge in [-0.2, -0.15) is 0 Å². The summed E-state index contributed by atoms with van der Waals surface area (Å²) in [5.74, 6) is -2.48. The Morgan fingerprint density at radius 1 is 1.41 bits per heavy atom. The van der Waals surface area contributed by atoms with Crippen molar-refractivity contribution in [2.24, 2.45) is 5.41 Å². The lowest BCUT2D eigenvalue weighted by molar-refractivity contribution is -0.0720. The third kappa shape index (κ3) is 3.13. The molecule has 0 radical (unpaired) electrons. The molecule has 1 aromatic carbocycles. The number of hydrogen-bond donors (Lipinski definition) is 2. The first kappa shape index (κ1) is 16.8. The monoisotopic (exact) mass is 313 g/mol. The highest BCUT2D eigenvalue weighted by atomic mass is 19.2. The molecule has 4 nitrogen and oxygen atoms in total. The molecular formula is C16H21F2NO3. The van der Waals surface area contributed by atoms with Crippen molar-refractivity contribution in [3.05, 3.63) is 35.4 Å². The van der Waals surface area contributed by atoms with E-state index >= 15 is 0 Å². The number of hydrogen-bond acceptors (Lipinski definition) is 3. The Bertz CT molecular complexity index is 552. The normalized spacial score (nSPS) is 25.3. The SMILES string of the molecule is CCC[C@@]1(CO)CN(C(=O)c2ccc(F)c(F)c2)CC[C@H]1O. The van der Waals surface area contributed by atoms with Crippen LogP contribution in [0.1, 0.15) is 36.5 Å². The third-order valence-corrected chi connectivity index (χ3v) is 4.40. The maximum atomic E-state index is 13.3. The summed E-state index contributed by atoms with van der Waals surface area (Å²) >= 11 is 0. The van der Waals surface area contributed by atoms with E-state index in [4.69, 9.17) is 0 Å². The molecule has 2 atom stereocenters. The molecule has 22 heavy (non-hydrogen) atoms. The van der Waals surface area contributed by atoms with Crippen molar-refractivity contribution in [3.8, 4) is 0 Å². The van der Waals surface area contributed by atoms with Crippen molar-refractivity contribution in [1.82, 2.24) is 4.90 Å². The van der Waals surface area contributed by atoms with Gasteiger partial charge in [-0.05, 0) is 31.0 Å². The van der Waals surface area contributed by atoms with Gasteiger partial charge in [-0.3, -0.25) is 4.79 Å². The first-order chi connectivity index (χ1) is 10.4. The maximum absolute atomic E-state index is 13.3. The fourth-order valence-corrected chi connectivity index (χ4v) is 3.11. The summed E-state index contributed by atoms with van der Waals surface area (Å²) in [5, 5.41) is 19.9. The maximum Gasteiger partial charge on any atom is 0.253 e. The van der Waals surface area contributed by atoms with Crippen LogP contribution in [0.5, 0.6) is 0 Å². The number of likely N-dealkylation sites (tertiary alicyclic amines) is 1. The Kier molecular flexibility index (Phi) is 5.13. The lowest BCUT2D eigenvalue weighted by atomic mass is 9.74. The predicted molar refractivity (Wildman–Crippen MR) is 77.3 cm³/mol. The number of amides is 1. The zero-order valence-corrected chi connectivity index (χ0v) is 12.6. The third-order valence-electron chi connectivity index (χ3n) is 4.40. The molecule has 122 valence electrons. The molecule has 0 bridgehead atoms. The topological polar surface area (TPSA) is 60.8 Å². The molecule has 0 aliphatic carbocycles. The predicted octanol–water partition coefficient (Wildman–Crippen LogP) is 1.95. The van der Waals surface area contributed by atoms with Gasteiger partial charge in [-0.25, -0.2) is 8.78 Å². The average molecular weight is 313 g/mol. The van der Waals surface area contributed by atoms with Crippen LogP contribution in [0.25, 0.3) is 0 Å². The van der Waals surface area contributed by atoms with Gasteiger partial charge in [0.15, 0.2) is 11.6 Å². The standard InChI is InChI=1S/C16H21F2NO3/c1-2-6-16(10-20)9-19(7-5-14(16)21)15(22)11-3-4-12(17)13(18)8-11/h3-4,8,14,20-21H,2,5-7,9-10H2,1H3/t14-,16+/m1/s1. The van der Waals surface area contributed by atoms with Crippen LogP contribution in [-0.2, 0) is 0 Å². The summed E-state index contributed by atoms with van der Waals surface area (Å²) in [6.45, 7) is 2.25. The molecule has 0 aromatic heterocycles.